The fourth-order valence-electron chi connectivity index (χ4n) is 2.14. The van der Waals surface area contributed by atoms with E-state index in [1.54, 1.807) is 0 Å². The van der Waals surface area contributed by atoms with Crippen LogP contribution in [0.5, 0.6) is 0 Å². The summed E-state index contributed by atoms with van der Waals surface area (Å²) in [4.78, 5) is 0. The maximum absolute atomic E-state index is 6.10. The molecule has 21 heavy (non-hydrogen) atoms. The normalized spacial score (nSPS) is 14.3. The van der Waals surface area contributed by atoms with Crippen LogP contribution < -0.4 is 11.5 Å². The zero-order chi connectivity index (χ0) is 16.0. The van der Waals surface area contributed by atoms with Gasteiger partial charge in [0, 0.05) is 6.04 Å². The van der Waals surface area contributed by atoms with Crippen LogP contribution in [0.1, 0.15) is 78.6 Å². The highest BCUT2D eigenvalue weighted by molar-refractivity contribution is 4.91. The molecule has 2 heteroatoms. The number of allylic oxidation sites excluding steroid dienone is 3. The van der Waals surface area contributed by atoms with Crippen LogP contribution in [0.15, 0.2) is 24.3 Å². The Bertz CT molecular complexity index is 279. The average molecular weight is 295 g/mol. The number of hydrogen-bond acceptors (Lipinski definition) is 2. The summed E-state index contributed by atoms with van der Waals surface area (Å²) >= 11 is 0. The lowest BCUT2D eigenvalue weighted by atomic mass is 9.89. The first-order valence-corrected chi connectivity index (χ1v) is 8.77. The quantitative estimate of drug-likeness (QED) is 0.373. The van der Waals surface area contributed by atoms with E-state index in [1.807, 2.05) is 0 Å². The van der Waals surface area contributed by atoms with Gasteiger partial charge in [0.05, 0.1) is 0 Å². The van der Waals surface area contributed by atoms with E-state index in [0.29, 0.717) is 6.04 Å². The van der Waals surface area contributed by atoms with Gasteiger partial charge >= 0.3 is 0 Å². The van der Waals surface area contributed by atoms with Gasteiger partial charge in [-0.3, -0.25) is 0 Å². The predicted octanol–water partition coefficient (Wildman–Crippen LogP) is 4.94. The average Bonchev–Trinajstić information content (AvgIpc) is 2.46. The van der Waals surface area contributed by atoms with Crippen LogP contribution in [-0.4, -0.2) is 12.6 Å². The van der Waals surface area contributed by atoms with Crippen molar-refractivity contribution in [2.75, 3.05) is 6.54 Å². The molecule has 0 aromatic rings. The molecule has 0 fully saturated rings. The Morgan fingerprint density at radius 2 is 1.62 bits per heavy atom. The van der Waals surface area contributed by atoms with E-state index in [1.165, 1.54) is 32.1 Å². The van der Waals surface area contributed by atoms with Crippen molar-refractivity contribution in [3.8, 4) is 0 Å². The molecule has 0 aliphatic rings. The van der Waals surface area contributed by atoms with E-state index in [0.717, 1.165) is 32.2 Å². The monoisotopic (exact) mass is 294 g/mol. The molecule has 0 aromatic heterocycles. The van der Waals surface area contributed by atoms with Crippen molar-refractivity contribution < 1.29 is 0 Å². The fourth-order valence-corrected chi connectivity index (χ4v) is 2.14. The first-order chi connectivity index (χ1) is 10.0. The SMILES string of the molecule is CCCCCCC(N)CC=CCCC=CCC(C)(C)CN. The lowest BCUT2D eigenvalue weighted by Crippen LogP contribution is -2.22. The molecule has 0 aliphatic carbocycles. The van der Waals surface area contributed by atoms with E-state index in [2.05, 4.69) is 45.1 Å². The Morgan fingerprint density at radius 3 is 2.24 bits per heavy atom. The van der Waals surface area contributed by atoms with Gasteiger partial charge in [0.1, 0.15) is 0 Å². The van der Waals surface area contributed by atoms with Gasteiger partial charge in [-0.1, -0.05) is 70.8 Å². The first-order valence-electron chi connectivity index (χ1n) is 8.77. The maximum atomic E-state index is 6.10. The Labute approximate surface area is 133 Å². The van der Waals surface area contributed by atoms with Gasteiger partial charge in [-0.2, -0.15) is 0 Å². The third-order valence-electron chi connectivity index (χ3n) is 3.92. The summed E-state index contributed by atoms with van der Waals surface area (Å²) in [6.07, 6.45) is 19.8. The molecule has 0 radical (unpaired) electrons. The molecule has 0 amide bonds. The fraction of sp³-hybridized carbons (Fsp3) is 0.789. The minimum Gasteiger partial charge on any atom is -0.330 e. The van der Waals surface area contributed by atoms with E-state index < -0.39 is 0 Å². The van der Waals surface area contributed by atoms with Crippen molar-refractivity contribution in [3.63, 3.8) is 0 Å². The molecule has 0 saturated carbocycles. The summed E-state index contributed by atoms with van der Waals surface area (Å²) in [6, 6.07) is 0.346. The molecule has 0 aliphatic heterocycles. The summed E-state index contributed by atoms with van der Waals surface area (Å²) in [5.74, 6) is 0. The Balaban J connectivity index is 3.53. The molecule has 0 aromatic carbocycles. The highest BCUT2D eigenvalue weighted by Crippen LogP contribution is 2.18. The molecule has 0 bridgehead atoms. The molecule has 1 unspecified atom stereocenters. The van der Waals surface area contributed by atoms with Crippen LogP contribution in [0, 0.1) is 5.41 Å². The molecular weight excluding hydrogens is 256 g/mol. The predicted molar refractivity (Wildman–Crippen MR) is 96.3 cm³/mol. The van der Waals surface area contributed by atoms with Gasteiger partial charge in [-0.15, -0.1) is 0 Å². The Morgan fingerprint density at radius 1 is 0.952 bits per heavy atom. The molecule has 4 N–H and O–H groups in total. The van der Waals surface area contributed by atoms with E-state index in [9.17, 15) is 0 Å². The van der Waals surface area contributed by atoms with Crippen LogP contribution in [-0.2, 0) is 0 Å². The summed E-state index contributed by atoms with van der Waals surface area (Å²) in [7, 11) is 0. The minimum absolute atomic E-state index is 0.233. The number of nitrogens with two attached hydrogens (primary N) is 2. The van der Waals surface area contributed by atoms with Gasteiger partial charge in [0.2, 0.25) is 0 Å². The lowest BCUT2D eigenvalue weighted by molar-refractivity contribution is 0.384. The van der Waals surface area contributed by atoms with Crippen molar-refractivity contribution in [3.05, 3.63) is 24.3 Å². The van der Waals surface area contributed by atoms with Gasteiger partial charge < -0.3 is 11.5 Å². The molecule has 2 nitrogen and oxygen atoms in total. The molecule has 0 spiro atoms. The van der Waals surface area contributed by atoms with Crippen molar-refractivity contribution in [2.24, 2.45) is 16.9 Å². The topological polar surface area (TPSA) is 52.0 Å². The second-order valence-corrected chi connectivity index (χ2v) is 6.94. The molecule has 0 heterocycles. The summed E-state index contributed by atoms with van der Waals surface area (Å²) in [5, 5.41) is 0. The van der Waals surface area contributed by atoms with Gasteiger partial charge in [0.15, 0.2) is 0 Å². The number of rotatable bonds is 13. The van der Waals surface area contributed by atoms with Crippen molar-refractivity contribution >= 4 is 0 Å². The molecule has 1 atom stereocenters. The second kappa shape index (κ2) is 13.1. The van der Waals surface area contributed by atoms with E-state index in [4.69, 9.17) is 11.5 Å². The molecule has 0 rings (SSSR count). The molecular formula is C19H38N2. The zero-order valence-corrected chi connectivity index (χ0v) is 14.6. The molecule has 0 saturated heterocycles. The van der Waals surface area contributed by atoms with Crippen LogP contribution >= 0.6 is 0 Å². The van der Waals surface area contributed by atoms with Crippen LogP contribution in [0.4, 0.5) is 0 Å². The molecule has 124 valence electrons. The van der Waals surface area contributed by atoms with Crippen LogP contribution in [0.2, 0.25) is 0 Å². The summed E-state index contributed by atoms with van der Waals surface area (Å²) in [6.45, 7) is 7.40. The smallest absolute Gasteiger partial charge is 0.00734 e. The summed E-state index contributed by atoms with van der Waals surface area (Å²) in [5.41, 5.74) is 12.0. The van der Waals surface area contributed by atoms with Gasteiger partial charge in [0.25, 0.3) is 0 Å². The van der Waals surface area contributed by atoms with E-state index >= 15 is 0 Å². The van der Waals surface area contributed by atoms with Gasteiger partial charge in [-0.25, -0.2) is 0 Å². The van der Waals surface area contributed by atoms with Crippen LogP contribution in [0.25, 0.3) is 0 Å². The largest absolute Gasteiger partial charge is 0.330 e. The van der Waals surface area contributed by atoms with Crippen molar-refractivity contribution in [1.82, 2.24) is 0 Å². The highest BCUT2D eigenvalue weighted by Gasteiger charge is 2.12. The maximum Gasteiger partial charge on any atom is 0.00734 e. The van der Waals surface area contributed by atoms with Gasteiger partial charge in [-0.05, 0) is 44.1 Å². The third kappa shape index (κ3) is 14.1. The first kappa shape index (κ1) is 20.4. The highest BCUT2D eigenvalue weighted by atomic mass is 14.6. The standard InChI is InChI=1S/C19H38N2/c1-4-5-6-11-14-18(21)15-12-9-7-8-10-13-16-19(2,3)17-20/h9-10,12-13,18H,4-8,11,14-17,20-21H2,1-3H3. The Kier molecular flexibility index (Phi) is 12.7. The number of unbranched alkanes of at least 4 members (excludes halogenated alkanes) is 4. The van der Waals surface area contributed by atoms with E-state index in [-0.39, 0.29) is 5.41 Å². The van der Waals surface area contributed by atoms with Crippen molar-refractivity contribution in [2.45, 2.75) is 84.6 Å². The lowest BCUT2D eigenvalue weighted by Gasteiger charge is -2.19. The zero-order valence-electron chi connectivity index (χ0n) is 14.6. The third-order valence-corrected chi connectivity index (χ3v) is 3.92. The van der Waals surface area contributed by atoms with Crippen molar-refractivity contribution in [1.29, 1.82) is 0 Å². The summed E-state index contributed by atoms with van der Waals surface area (Å²) < 4.78 is 0. The Hall–Kier alpha value is -0.600. The van der Waals surface area contributed by atoms with Crippen LogP contribution in [0.3, 0.4) is 0 Å². The number of hydrogen-bond donors (Lipinski definition) is 2. The second-order valence-electron chi connectivity index (χ2n) is 6.94. The minimum atomic E-state index is 0.233.